The Morgan fingerprint density at radius 1 is 1.27 bits per heavy atom. The number of hydrogen-bond acceptors (Lipinski definition) is 3. The van der Waals surface area contributed by atoms with Crippen LogP contribution in [0.25, 0.3) is 6.08 Å². The number of carbonyl (C=O) groups excluding carboxylic acids is 2. The predicted molar refractivity (Wildman–Crippen MR) is 103 cm³/mol. The molecule has 1 saturated carbocycles. The van der Waals surface area contributed by atoms with Crippen molar-refractivity contribution in [1.29, 1.82) is 0 Å². The number of amides is 2. The molecule has 1 aliphatic heterocycles. The van der Waals surface area contributed by atoms with Crippen molar-refractivity contribution < 1.29 is 9.59 Å². The van der Waals surface area contributed by atoms with Gasteiger partial charge in [-0.25, -0.2) is 0 Å². The van der Waals surface area contributed by atoms with Gasteiger partial charge in [-0.15, -0.1) is 0 Å². The number of primary amides is 1. The summed E-state index contributed by atoms with van der Waals surface area (Å²) in [4.78, 5) is 26.5. The molecule has 1 aromatic rings. The summed E-state index contributed by atoms with van der Waals surface area (Å²) in [7, 11) is 0. The predicted octanol–water partition coefficient (Wildman–Crippen LogP) is 2.04. The summed E-state index contributed by atoms with van der Waals surface area (Å²) in [5.74, 6) is 0.180. The van der Waals surface area contributed by atoms with Crippen LogP contribution in [0.4, 0.5) is 0 Å². The zero-order valence-electron chi connectivity index (χ0n) is 15.7. The van der Waals surface area contributed by atoms with Crippen LogP contribution >= 0.6 is 0 Å². The number of rotatable bonds is 7. The molecule has 1 aliphatic carbocycles. The topological polar surface area (TPSA) is 75.4 Å². The normalized spacial score (nSPS) is 24.9. The summed E-state index contributed by atoms with van der Waals surface area (Å²) in [5, 5.41) is 3.13. The fraction of sp³-hybridized carbons (Fsp3) is 0.524. The third-order valence-electron chi connectivity index (χ3n) is 5.74. The first kappa shape index (κ1) is 18.6. The van der Waals surface area contributed by atoms with E-state index in [1.54, 1.807) is 0 Å². The monoisotopic (exact) mass is 355 g/mol. The van der Waals surface area contributed by atoms with Gasteiger partial charge >= 0.3 is 0 Å². The molecule has 1 aromatic carbocycles. The molecule has 3 N–H and O–H groups in total. The average molecular weight is 355 g/mol. The van der Waals surface area contributed by atoms with E-state index in [0.717, 1.165) is 19.6 Å². The first-order valence-corrected chi connectivity index (χ1v) is 9.47. The van der Waals surface area contributed by atoms with Gasteiger partial charge < -0.3 is 11.1 Å². The number of nitrogens with two attached hydrogens (primary N) is 1. The maximum absolute atomic E-state index is 12.6. The molecule has 1 heterocycles. The molecule has 5 heteroatoms. The number of likely N-dealkylation sites (tertiary alicyclic amines) is 1. The van der Waals surface area contributed by atoms with Gasteiger partial charge in [0.15, 0.2) is 0 Å². The molecule has 0 aromatic heterocycles. The van der Waals surface area contributed by atoms with Gasteiger partial charge in [-0.1, -0.05) is 56.3 Å². The quantitative estimate of drug-likeness (QED) is 0.735. The van der Waals surface area contributed by atoms with E-state index in [-0.39, 0.29) is 11.9 Å². The molecule has 0 bridgehead atoms. The van der Waals surface area contributed by atoms with Crippen molar-refractivity contribution in [3.8, 4) is 0 Å². The van der Waals surface area contributed by atoms with Crippen LogP contribution in [0.3, 0.4) is 0 Å². The van der Waals surface area contributed by atoms with Crippen molar-refractivity contribution >= 4 is 17.9 Å². The van der Waals surface area contributed by atoms with Gasteiger partial charge in [-0.05, 0) is 30.2 Å². The van der Waals surface area contributed by atoms with Crippen molar-refractivity contribution in [3.63, 3.8) is 0 Å². The van der Waals surface area contributed by atoms with E-state index in [1.807, 2.05) is 18.2 Å². The maximum Gasteiger partial charge on any atom is 0.235 e. The van der Waals surface area contributed by atoms with Crippen molar-refractivity contribution in [3.05, 3.63) is 42.0 Å². The first-order chi connectivity index (χ1) is 12.4. The average Bonchev–Trinajstić information content (AvgIpc) is 3.33. The van der Waals surface area contributed by atoms with Crippen LogP contribution in [-0.2, 0) is 9.59 Å². The minimum absolute atomic E-state index is 0.0736. The zero-order chi connectivity index (χ0) is 18.7. The summed E-state index contributed by atoms with van der Waals surface area (Å²) in [6, 6.07) is 10.3. The maximum atomic E-state index is 12.6. The van der Waals surface area contributed by atoms with Gasteiger partial charge in [0.05, 0.1) is 0 Å². The Labute approximate surface area is 155 Å². The zero-order valence-corrected chi connectivity index (χ0v) is 15.7. The van der Waals surface area contributed by atoms with E-state index < -0.39 is 11.3 Å². The van der Waals surface area contributed by atoms with Gasteiger partial charge in [0.1, 0.15) is 5.41 Å². The highest BCUT2D eigenvalue weighted by Crippen LogP contribution is 2.45. The van der Waals surface area contributed by atoms with Gasteiger partial charge in [0.25, 0.3) is 0 Å². The van der Waals surface area contributed by atoms with Gasteiger partial charge in [0.2, 0.25) is 11.8 Å². The summed E-state index contributed by atoms with van der Waals surface area (Å²) in [6.07, 6.45) is 5.46. The third kappa shape index (κ3) is 3.98. The van der Waals surface area contributed by atoms with Gasteiger partial charge in [-0.3, -0.25) is 14.5 Å². The van der Waals surface area contributed by atoms with E-state index in [4.69, 9.17) is 5.73 Å². The third-order valence-corrected chi connectivity index (χ3v) is 5.74. The number of nitrogens with zero attached hydrogens (tertiary/aromatic N) is 1. The SMILES string of the molecule is CC(C)[C@H]1CN(CC=Cc2ccccc2)C[C@@H]1NC(=O)C1(C(N)=O)CC1. The molecule has 2 amide bonds. The molecule has 2 aliphatic rings. The molecule has 2 atom stereocenters. The number of hydrogen-bond donors (Lipinski definition) is 2. The lowest BCUT2D eigenvalue weighted by molar-refractivity contribution is -0.136. The van der Waals surface area contributed by atoms with Gasteiger partial charge in [0, 0.05) is 25.7 Å². The highest BCUT2D eigenvalue weighted by molar-refractivity contribution is 6.07. The van der Waals surface area contributed by atoms with E-state index in [1.165, 1.54) is 5.56 Å². The Morgan fingerprint density at radius 2 is 1.96 bits per heavy atom. The van der Waals surface area contributed by atoms with Crippen molar-refractivity contribution in [2.75, 3.05) is 19.6 Å². The van der Waals surface area contributed by atoms with Crippen LogP contribution in [-0.4, -0.2) is 42.4 Å². The van der Waals surface area contributed by atoms with Crippen LogP contribution in [0.15, 0.2) is 36.4 Å². The van der Waals surface area contributed by atoms with Gasteiger partial charge in [-0.2, -0.15) is 0 Å². The van der Waals surface area contributed by atoms with E-state index in [9.17, 15) is 9.59 Å². The Hall–Kier alpha value is -2.14. The lowest BCUT2D eigenvalue weighted by Crippen LogP contribution is -2.48. The molecule has 0 unspecified atom stereocenters. The second-order valence-corrected chi connectivity index (χ2v) is 7.97. The summed E-state index contributed by atoms with van der Waals surface area (Å²) >= 11 is 0. The van der Waals surface area contributed by atoms with E-state index in [2.05, 4.69) is 48.3 Å². The van der Waals surface area contributed by atoms with Crippen LogP contribution in [0.5, 0.6) is 0 Å². The summed E-state index contributed by atoms with van der Waals surface area (Å²) in [6.45, 7) is 6.99. The second-order valence-electron chi connectivity index (χ2n) is 7.97. The highest BCUT2D eigenvalue weighted by Gasteiger charge is 2.56. The molecule has 0 radical (unpaired) electrons. The summed E-state index contributed by atoms with van der Waals surface area (Å²) < 4.78 is 0. The van der Waals surface area contributed by atoms with E-state index >= 15 is 0 Å². The molecule has 2 fully saturated rings. The van der Waals surface area contributed by atoms with Crippen molar-refractivity contribution in [2.24, 2.45) is 23.0 Å². The van der Waals surface area contributed by atoms with Crippen LogP contribution in [0.2, 0.25) is 0 Å². The van der Waals surface area contributed by atoms with Crippen molar-refractivity contribution in [2.45, 2.75) is 32.7 Å². The number of nitrogens with one attached hydrogen (secondary N) is 1. The fourth-order valence-corrected chi connectivity index (χ4v) is 3.81. The molecule has 0 spiro atoms. The van der Waals surface area contributed by atoms with Crippen LogP contribution in [0.1, 0.15) is 32.3 Å². The minimum atomic E-state index is -0.942. The van der Waals surface area contributed by atoms with E-state index in [0.29, 0.717) is 24.7 Å². The molecule has 1 saturated heterocycles. The van der Waals surface area contributed by atoms with Crippen LogP contribution < -0.4 is 11.1 Å². The Morgan fingerprint density at radius 3 is 2.54 bits per heavy atom. The molecule has 26 heavy (non-hydrogen) atoms. The molecular weight excluding hydrogens is 326 g/mol. The largest absolute Gasteiger partial charge is 0.369 e. The fourth-order valence-electron chi connectivity index (χ4n) is 3.81. The Kier molecular flexibility index (Phi) is 5.47. The van der Waals surface area contributed by atoms with Crippen LogP contribution in [0, 0.1) is 17.3 Å². The lowest BCUT2D eigenvalue weighted by atomic mass is 9.90. The van der Waals surface area contributed by atoms with Crippen molar-refractivity contribution in [1.82, 2.24) is 10.2 Å². The first-order valence-electron chi connectivity index (χ1n) is 9.47. The number of benzene rings is 1. The highest BCUT2D eigenvalue weighted by atomic mass is 16.2. The molecule has 5 nitrogen and oxygen atoms in total. The lowest BCUT2D eigenvalue weighted by Gasteiger charge is -2.24. The minimum Gasteiger partial charge on any atom is -0.369 e. The molecule has 3 rings (SSSR count). The Balaban J connectivity index is 1.59. The molecule has 140 valence electrons. The standard InChI is InChI=1S/C21H29N3O2/c1-15(2)17-13-24(12-6-9-16-7-4-3-5-8-16)14-18(17)23-20(26)21(10-11-21)19(22)25/h3-9,15,17-18H,10-14H2,1-2H3,(H2,22,25)(H,23,26)/t17-,18+/m1/s1. The number of carbonyl (C=O) groups is 2. The molecular formula is C21H29N3O2. The summed E-state index contributed by atoms with van der Waals surface area (Å²) in [5.41, 5.74) is 5.68. The Bertz CT molecular complexity index is 680. The smallest absolute Gasteiger partial charge is 0.235 e. The second kappa shape index (κ2) is 7.62.